The maximum atomic E-state index is 13.3. The second kappa shape index (κ2) is 5.81. The zero-order valence-corrected chi connectivity index (χ0v) is 12.2. The second-order valence-corrected chi connectivity index (χ2v) is 4.85. The van der Waals surface area contributed by atoms with Crippen molar-refractivity contribution in [3.05, 3.63) is 39.3 Å². The van der Waals surface area contributed by atoms with Crippen LogP contribution >= 0.6 is 27.5 Å². The molecule has 0 aliphatic heterocycles. The van der Waals surface area contributed by atoms with Crippen molar-refractivity contribution >= 4 is 27.5 Å². The topological polar surface area (TPSA) is 55.2 Å². The Balaban J connectivity index is 2.52. The molecule has 0 spiro atoms. The molecule has 19 heavy (non-hydrogen) atoms. The highest BCUT2D eigenvalue weighted by Crippen LogP contribution is 2.28. The van der Waals surface area contributed by atoms with E-state index in [4.69, 9.17) is 21.4 Å². The van der Waals surface area contributed by atoms with Gasteiger partial charge < -0.3 is 9.84 Å². The van der Waals surface area contributed by atoms with E-state index in [1.165, 1.54) is 19.2 Å². The third-order valence-corrected chi connectivity index (χ3v) is 3.70. The largest absolute Gasteiger partial charge is 0.505 e. The Hall–Kier alpha value is -1.24. The number of phenols is 1. The van der Waals surface area contributed by atoms with E-state index in [2.05, 4.69) is 25.9 Å². The average Bonchev–Trinajstić information content (AvgIpc) is 2.38. The first-order chi connectivity index (χ1) is 9.02. The monoisotopic (exact) mass is 346 g/mol. The van der Waals surface area contributed by atoms with Crippen molar-refractivity contribution in [1.29, 1.82) is 0 Å². The molecule has 4 nitrogen and oxygen atoms in total. The van der Waals surface area contributed by atoms with Crippen LogP contribution < -0.4 is 0 Å². The molecule has 0 bridgehead atoms. The number of methoxy groups -OCH3 is 1. The number of hydrogen-bond donors (Lipinski definition) is 1. The second-order valence-electron chi connectivity index (χ2n) is 3.70. The van der Waals surface area contributed by atoms with Gasteiger partial charge in [-0.3, -0.25) is 0 Å². The number of phenolic OH excluding ortho intramolecular Hbond substituents is 1. The molecule has 0 atom stereocenters. The molecule has 1 N–H and O–H groups in total. The molecule has 0 aliphatic carbocycles. The number of hydrogen-bond acceptors (Lipinski definition) is 4. The van der Waals surface area contributed by atoms with Gasteiger partial charge in [0.1, 0.15) is 5.15 Å². The predicted octanol–water partition coefficient (Wildman–Crippen LogP) is 3.55. The number of aromatic nitrogens is 2. The van der Waals surface area contributed by atoms with Gasteiger partial charge in [-0.15, -0.1) is 0 Å². The van der Waals surface area contributed by atoms with E-state index in [1.54, 1.807) is 0 Å². The van der Waals surface area contributed by atoms with Crippen molar-refractivity contribution in [2.24, 2.45) is 0 Å². The SMILES string of the molecule is COCc1nc(-c2ccc(O)c(F)c2)nc(Cl)c1Br. The molecule has 0 aliphatic rings. The summed E-state index contributed by atoms with van der Waals surface area (Å²) in [7, 11) is 1.53. The Morgan fingerprint density at radius 2 is 2.16 bits per heavy atom. The maximum Gasteiger partial charge on any atom is 0.165 e. The summed E-state index contributed by atoms with van der Waals surface area (Å²) in [6.07, 6.45) is 0. The average molecular weight is 348 g/mol. The van der Waals surface area contributed by atoms with Crippen LogP contribution in [0.25, 0.3) is 11.4 Å². The number of halogens is 3. The van der Waals surface area contributed by atoms with E-state index in [0.29, 0.717) is 15.7 Å². The molecule has 7 heteroatoms. The lowest BCUT2D eigenvalue weighted by Gasteiger charge is -2.08. The molecule has 100 valence electrons. The molecule has 2 rings (SSSR count). The number of ether oxygens (including phenoxy) is 1. The summed E-state index contributed by atoms with van der Waals surface area (Å²) < 4.78 is 18.9. The van der Waals surface area contributed by atoms with Gasteiger partial charge >= 0.3 is 0 Å². The molecular formula is C12H9BrClFN2O2. The van der Waals surface area contributed by atoms with Crippen molar-refractivity contribution in [3.63, 3.8) is 0 Å². The van der Waals surface area contributed by atoms with Crippen LogP contribution in [0, 0.1) is 5.82 Å². The Kier molecular flexibility index (Phi) is 4.34. The molecule has 0 amide bonds. The summed E-state index contributed by atoms with van der Waals surface area (Å²) >= 11 is 9.24. The lowest BCUT2D eigenvalue weighted by molar-refractivity contribution is 0.181. The fraction of sp³-hybridized carbons (Fsp3) is 0.167. The van der Waals surface area contributed by atoms with Gasteiger partial charge in [0.05, 0.1) is 16.8 Å². The van der Waals surface area contributed by atoms with Crippen molar-refractivity contribution in [2.45, 2.75) is 6.61 Å². The van der Waals surface area contributed by atoms with E-state index in [-0.39, 0.29) is 17.6 Å². The molecule has 1 aromatic heterocycles. The number of benzene rings is 1. The van der Waals surface area contributed by atoms with Gasteiger partial charge in [0, 0.05) is 12.7 Å². The summed E-state index contributed by atoms with van der Waals surface area (Å²) in [5.41, 5.74) is 0.980. The van der Waals surface area contributed by atoms with Crippen LogP contribution in [0.2, 0.25) is 5.15 Å². The smallest absolute Gasteiger partial charge is 0.165 e. The fourth-order valence-corrected chi connectivity index (χ4v) is 1.95. The van der Waals surface area contributed by atoms with Gasteiger partial charge in [0.2, 0.25) is 0 Å². The van der Waals surface area contributed by atoms with Crippen LogP contribution in [-0.4, -0.2) is 22.2 Å². The first-order valence-electron chi connectivity index (χ1n) is 5.22. The molecular weight excluding hydrogens is 338 g/mol. The highest BCUT2D eigenvalue weighted by molar-refractivity contribution is 9.10. The molecule has 0 radical (unpaired) electrons. The molecule has 0 saturated carbocycles. The predicted molar refractivity (Wildman–Crippen MR) is 72.5 cm³/mol. The fourth-order valence-electron chi connectivity index (χ4n) is 1.47. The minimum Gasteiger partial charge on any atom is -0.505 e. The van der Waals surface area contributed by atoms with Crippen molar-refractivity contribution < 1.29 is 14.2 Å². The van der Waals surface area contributed by atoms with E-state index in [9.17, 15) is 4.39 Å². The standard InChI is InChI=1S/C12H9BrClFN2O2/c1-19-5-8-10(13)11(14)17-12(16-8)6-2-3-9(18)7(15)4-6/h2-4,18H,5H2,1H3. The van der Waals surface area contributed by atoms with Gasteiger partial charge in [-0.2, -0.15) is 0 Å². The highest BCUT2D eigenvalue weighted by atomic mass is 79.9. The highest BCUT2D eigenvalue weighted by Gasteiger charge is 2.13. The molecule has 0 unspecified atom stereocenters. The van der Waals surface area contributed by atoms with Crippen LogP contribution in [0.15, 0.2) is 22.7 Å². The minimum atomic E-state index is -0.742. The summed E-state index contributed by atoms with van der Waals surface area (Å²) in [5.74, 6) is -0.906. The van der Waals surface area contributed by atoms with Gasteiger partial charge in [0.25, 0.3) is 0 Å². The van der Waals surface area contributed by atoms with E-state index in [1.807, 2.05) is 0 Å². The Bertz CT molecular complexity index is 625. The first kappa shape index (κ1) is 14.2. The van der Waals surface area contributed by atoms with Crippen molar-refractivity contribution in [1.82, 2.24) is 9.97 Å². The molecule has 1 aromatic carbocycles. The van der Waals surface area contributed by atoms with Crippen LogP contribution in [-0.2, 0) is 11.3 Å². The zero-order valence-electron chi connectivity index (χ0n) is 9.82. The number of nitrogens with zero attached hydrogens (tertiary/aromatic N) is 2. The molecule has 0 fully saturated rings. The third-order valence-electron chi connectivity index (χ3n) is 2.37. The maximum absolute atomic E-state index is 13.3. The third kappa shape index (κ3) is 3.02. The molecule has 1 heterocycles. The summed E-state index contributed by atoms with van der Waals surface area (Å²) in [6.45, 7) is 0.246. The van der Waals surface area contributed by atoms with Gasteiger partial charge in [-0.1, -0.05) is 11.6 Å². The van der Waals surface area contributed by atoms with E-state index < -0.39 is 11.6 Å². The van der Waals surface area contributed by atoms with Crippen molar-refractivity contribution in [2.75, 3.05) is 7.11 Å². The van der Waals surface area contributed by atoms with Gasteiger partial charge in [-0.05, 0) is 34.1 Å². The zero-order chi connectivity index (χ0) is 14.0. The summed E-state index contributed by atoms with van der Waals surface area (Å²) in [6, 6.07) is 3.89. The normalized spacial score (nSPS) is 10.7. The Labute approximate surface area is 122 Å². The van der Waals surface area contributed by atoms with Crippen LogP contribution in [0.4, 0.5) is 4.39 Å². The minimum absolute atomic E-state index is 0.213. The lowest BCUT2D eigenvalue weighted by Crippen LogP contribution is -2.00. The number of aromatic hydroxyl groups is 1. The molecule has 2 aromatic rings. The first-order valence-corrected chi connectivity index (χ1v) is 6.39. The van der Waals surface area contributed by atoms with E-state index >= 15 is 0 Å². The van der Waals surface area contributed by atoms with Crippen molar-refractivity contribution in [3.8, 4) is 17.1 Å². The Morgan fingerprint density at radius 3 is 2.79 bits per heavy atom. The van der Waals surface area contributed by atoms with E-state index in [0.717, 1.165) is 6.07 Å². The van der Waals surface area contributed by atoms with Gasteiger partial charge in [0.15, 0.2) is 17.4 Å². The quantitative estimate of drug-likeness (QED) is 0.863. The van der Waals surface area contributed by atoms with Crippen LogP contribution in [0.5, 0.6) is 5.75 Å². The number of rotatable bonds is 3. The van der Waals surface area contributed by atoms with Crippen LogP contribution in [0.1, 0.15) is 5.69 Å². The summed E-state index contributed by atoms with van der Waals surface area (Å²) in [4.78, 5) is 8.31. The lowest BCUT2D eigenvalue weighted by atomic mass is 10.2. The molecule has 0 saturated heterocycles. The Morgan fingerprint density at radius 1 is 1.42 bits per heavy atom. The van der Waals surface area contributed by atoms with Gasteiger partial charge in [-0.25, -0.2) is 14.4 Å². The summed E-state index contributed by atoms with van der Waals surface area (Å²) in [5, 5.41) is 9.37. The van der Waals surface area contributed by atoms with Crippen LogP contribution in [0.3, 0.4) is 0 Å².